The second-order valence-corrected chi connectivity index (χ2v) is 6.61. The van der Waals surface area contributed by atoms with Crippen LogP contribution in [0.15, 0.2) is 52.5 Å². The Morgan fingerprint density at radius 1 is 1.00 bits per heavy atom. The number of methoxy groups -OCH3 is 1. The molecule has 4 amide bonds. The third-order valence-electron chi connectivity index (χ3n) is 4.84. The van der Waals surface area contributed by atoms with Gasteiger partial charge in [-0.3, -0.25) is 14.5 Å². The van der Waals surface area contributed by atoms with Gasteiger partial charge in [0.15, 0.2) is 5.88 Å². The van der Waals surface area contributed by atoms with E-state index >= 15 is 0 Å². The maximum absolute atomic E-state index is 13.1. The van der Waals surface area contributed by atoms with E-state index in [-0.39, 0.29) is 18.7 Å². The number of ether oxygens (including phenoxy) is 1. The summed E-state index contributed by atoms with van der Waals surface area (Å²) in [4.78, 5) is 43.0. The summed E-state index contributed by atoms with van der Waals surface area (Å²) in [7, 11) is 1.48. The minimum absolute atomic E-state index is 0.0327. The quantitative estimate of drug-likeness (QED) is 0.490. The van der Waals surface area contributed by atoms with Crippen molar-refractivity contribution < 1.29 is 23.5 Å². The first kappa shape index (κ1) is 21.3. The summed E-state index contributed by atoms with van der Waals surface area (Å²) in [6.45, 7) is 5.74. The second-order valence-electron chi connectivity index (χ2n) is 6.61. The van der Waals surface area contributed by atoms with Crippen molar-refractivity contribution in [3.63, 3.8) is 0 Å². The number of hydrogen-bond acceptors (Lipinski definition) is 6. The van der Waals surface area contributed by atoms with E-state index in [2.05, 4.69) is 0 Å². The molecule has 1 saturated heterocycles. The first-order valence-corrected chi connectivity index (χ1v) is 9.82. The van der Waals surface area contributed by atoms with E-state index in [1.54, 1.807) is 42.5 Å². The van der Waals surface area contributed by atoms with Gasteiger partial charge in [0.1, 0.15) is 11.3 Å². The van der Waals surface area contributed by atoms with Crippen molar-refractivity contribution in [2.75, 3.05) is 43.2 Å². The van der Waals surface area contributed by atoms with E-state index in [4.69, 9.17) is 9.15 Å². The number of nitrogens with zero attached hydrogens (tertiary/aromatic N) is 3. The third-order valence-corrected chi connectivity index (χ3v) is 4.84. The van der Waals surface area contributed by atoms with E-state index in [0.717, 1.165) is 22.9 Å². The SMILES string of the molecule is CCN(CC)c1ccc(C=C2C(=O)N(CCOC)C(=O)N(c3ccccc3)C2=O)o1. The predicted octanol–water partition coefficient (Wildman–Crippen LogP) is 3.15. The molecule has 1 fully saturated rings. The van der Waals surface area contributed by atoms with Gasteiger partial charge >= 0.3 is 6.03 Å². The fraction of sp³-hybridized carbons (Fsp3) is 0.318. The van der Waals surface area contributed by atoms with E-state index < -0.39 is 17.8 Å². The van der Waals surface area contributed by atoms with Crippen LogP contribution in [0.2, 0.25) is 0 Å². The summed E-state index contributed by atoms with van der Waals surface area (Å²) in [5, 5.41) is 0. The van der Waals surface area contributed by atoms with Gasteiger partial charge in [-0.2, -0.15) is 0 Å². The Labute approximate surface area is 175 Å². The number of imide groups is 2. The molecule has 30 heavy (non-hydrogen) atoms. The summed E-state index contributed by atoms with van der Waals surface area (Å²) in [6, 6.07) is 11.3. The average molecular weight is 411 g/mol. The minimum atomic E-state index is -0.700. The number of rotatable bonds is 8. The Kier molecular flexibility index (Phi) is 6.68. The van der Waals surface area contributed by atoms with Gasteiger partial charge in [0.05, 0.1) is 18.8 Å². The van der Waals surface area contributed by atoms with Gasteiger partial charge in [-0.05, 0) is 38.1 Å². The van der Waals surface area contributed by atoms with Gasteiger partial charge in [-0.15, -0.1) is 0 Å². The number of carbonyl (C=O) groups excluding carboxylic acids is 3. The molecule has 8 nitrogen and oxygen atoms in total. The lowest BCUT2D eigenvalue weighted by molar-refractivity contribution is -0.129. The van der Waals surface area contributed by atoms with Gasteiger partial charge < -0.3 is 14.1 Å². The van der Waals surface area contributed by atoms with Crippen LogP contribution in [-0.2, 0) is 14.3 Å². The number of furan rings is 1. The zero-order chi connectivity index (χ0) is 21.7. The molecule has 0 saturated carbocycles. The second kappa shape index (κ2) is 9.41. The highest BCUT2D eigenvalue weighted by Gasteiger charge is 2.42. The highest BCUT2D eigenvalue weighted by Crippen LogP contribution is 2.27. The number of barbiturate groups is 1. The van der Waals surface area contributed by atoms with Crippen molar-refractivity contribution in [3.05, 3.63) is 53.8 Å². The lowest BCUT2D eigenvalue weighted by atomic mass is 10.1. The maximum atomic E-state index is 13.1. The molecule has 0 radical (unpaired) electrons. The summed E-state index contributed by atoms with van der Waals surface area (Å²) < 4.78 is 10.8. The van der Waals surface area contributed by atoms with Crippen LogP contribution in [0, 0.1) is 0 Å². The Balaban J connectivity index is 2.01. The van der Waals surface area contributed by atoms with Gasteiger partial charge in [0, 0.05) is 26.3 Å². The normalized spacial score (nSPS) is 16.0. The molecule has 1 aliphatic heterocycles. The summed E-state index contributed by atoms with van der Waals surface area (Å²) in [6.07, 6.45) is 1.39. The maximum Gasteiger partial charge on any atom is 0.338 e. The van der Waals surface area contributed by atoms with Gasteiger partial charge in [0.25, 0.3) is 11.8 Å². The molecule has 1 aliphatic rings. The predicted molar refractivity (Wildman–Crippen MR) is 113 cm³/mol. The number of hydrogen-bond donors (Lipinski definition) is 0. The number of para-hydroxylation sites is 1. The third kappa shape index (κ3) is 4.13. The first-order chi connectivity index (χ1) is 14.5. The van der Waals surface area contributed by atoms with Crippen molar-refractivity contribution in [3.8, 4) is 0 Å². The fourth-order valence-corrected chi connectivity index (χ4v) is 3.23. The van der Waals surface area contributed by atoms with Crippen molar-refractivity contribution in [1.29, 1.82) is 0 Å². The monoisotopic (exact) mass is 411 g/mol. The number of anilines is 2. The topological polar surface area (TPSA) is 83.3 Å². The van der Waals surface area contributed by atoms with Crippen LogP contribution in [0.4, 0.5) is 16.4 Å². The van der Waals surface area contributed by atoms with Crippen molar-refractivity contribution >= 4 is 35.5 Å². The van der Waals surface area contributed by atoms with Gasteiger partial charge in [-0.25, -0.2) is 9.69 Å². The van der Waals surface area contributed by atoms with E-state index in [1.807, 2.05) is 18.7 Å². The molecule has 0 atom stereocenters. The Morgan fingerprint density at radius 2 is 1.70 bits per heavy atom. The molecule has 0 N–H and O–H groups in total. The molecule has 0 bridgehead atoms. The van der Waals surface area contributed by atoms with Crippen LogP contribution >= 0.6 is 0 Å². The molecule has 0 aliphatic carbocycles. The largest absolute Gasteiger partial charge is 0.441 e. The summed E-state index contributed by atoms with van der Waals surface area (Å²) in [5.41, 5.74) is 0.242. The van der Waals surface area contributed by atoms with Crippen LogP contribution in [0.25, 0.3) is 6.08 Å². The van der Waals surface area contributed by atoms with Crippen LogP contribution in [0.5, 0.6) is 0 Å². The molecule has 0 spiro atoms. The van der Waals surface area contributed by atoms with Crippen LogP contribution < -0.4 is 9.80 Å². The Hall–Kier alpha value is -3.39. The van der Waals surface area contributed by atoms with Gasteiger partial charge in [-0.1, -0.05) is 18.2 Å². The Bertz CT molecular complexity index is 947. The number of benzene rings is 1. The molecule has 2 aromatic rings. The number of urea groups is 1. The summed E-state index contributed by atoms with van der Waals surface area (Å²) in [5.74, 6) is -0.349. The van der Waals surface area contributed by atoms with Crippen LogP contribution in [0.1, 0.15) is 19.6 Å². The minimum Gasteiger partial charge on any atom is -0.441 e. The first-order valence-electron chi connectivity index (χ1n) is 9.82. The molecule has 158 valence electrons. The molecule has 1 aromatic heterocycles. The van der Waals surface area contributed by atoms with Crippen LogP contribution in [-0.4, -0.2) is 56.1 Å². The lowest BCUT2D eigenvalue weighted by Crippen LogP contribution is -2.57. The van der Waals surface area contributed by atoms with Crippen molar-refractivity contribution in [1.82, 2.24) is 4.90 Å². The van der Waals surface area contributed by atoms with E-state index in [0.29, 0.717) is 17.3 Å². The van der Waals surface area contributed by atoms with Gasteiger partial charge in [0.2, 0.25) is 0 Å². The zero-order valence-electron chi connectivity index (χ0n) is 17.3. The Morgan fingerprint density at radius 3 is 2.33 bits per heavy atom. The van der Waals surface area contributed by atoms with Crippen molar-refractivity contribution in [2.45, 2.75) is 13.8 Å². The fourth-order valence-electron chi connectivity index (χ4n) is 3.23. The van der Waals surface area contributed by atoms with E-state index in [1.165, 1.54) is 13.2 Å². The van der Waals surface area contributed by atoms with E-state index in [9.17, 15) is 14.4 Å². The molecule has 1 aromatic carbocycles. The number of amides is 4. The smallest absolute Gasteiger partial charge is 0.338 e. The molecular weight excluding hydrogens is 386 g/mol. The number of carbonyl (C=O) groups is 3. The average Bonchev–Trinajstić information content (AvgIpc) is 3.21. The zero-order valence-corrected chi connectivity index (χ0v) is 17.3. The van der Waals surface area contributed by atoms with Crippen molar-refractivity contribution in [2.24, 2.45) is 0 Å². The molecule has 0 unspecified atom stereocenters. The summed E-state index contributed by atoms with van der Waals surface area (Å²) >= 11 is 0. The lowest BCUT2D eigenvalue weighted by Gasteiger charge is -2.33. The van der Waals surface area contributed by atoms with Crippen LogP contribution in [0.3, 0.4) is 0 Å². The molecule has 3 rings (SSSR count). The highest BCUT2D eigenvalue weighted by atomic mass is 16.5. The highest BCUT2D eigenvalue weighted by molar-refractivity contribution is 6.39. The molecular formula is C22H25N3O5. The molecule has 2 heterocycles. The molecule has 8 heteroatoms. The standard InChI is InChI=1S/C22H25N3O5/c1-4-23(5-2)19-12-11-17(30-19)15-18-20(26)24(13-14-29-3)22(28)25(21(18)27)16-9-7-6-8-10-16/h6-12,15H,4-5,13-14H2,1-3H3.